The van der Waals surface area contributed by atoms with Crippen LogP contribution in [0, 0.1) is 0 Å². The van der Waals surface area contributed by atoms with Gasteiger partial charge in [-0.15, -0.1) is 0 Å². The van der Waals surface area contributed by atoms with E-state index >= 15 is 0 Å². The monoisotopic (exact) mass is 340 g/mol. The maximum absolute atomic E-state index is 12.2. The first-order valence-corrected chi connectivity index (χ1v) is 7.31. The Morgan fingerprint density at radius 1 is 1.50 bits per heavy atom. The van der Waals surface area contributed by atoms with Gasteiger partial charge < -0.3 is 15.3 Å². The smallest absolute Gasteiger partial charge is 0.323 e. The molecule has 20 heavy (non-hydrogen) atoms. The lowest BCUT2D eigenvalue weighted by Gasteiger charge is -2.23. The van der Waals surface area contributed by atoms with Gasteiger partial charge in [-0.05, 0) is 37.5 Å². The average Bonchev–Trinajstić information content (AvgIpc) is 3.19. The van der Waals surface area contributed by atoms with Crippen LogP contribution in [0.1, 0.15) is 31.4 Å². The molecule has 0 heterocycles. The molecule has 1 unspecified atom stereocenters. The summed E-state index contributed by atoms with van der Waals surface area (Å²) in [5, 5.41) is 11.7. The molecule has 0 bridgehead atoms. The zero-order valence-corrected chi connectivity index (χ0v) is 12.8. The number of carbonyl (C=O) groups excluding carboxylic acids is 1. The summed E-state index contributed by atoms with van der Waals surface area (Å²) < 4.78 is 0.945. The predicted octanol–water partition coefficient (Wildman–Crippen LogP) is 2.77. The number of amides is 2. The predicted molar refractivity (Wildman–Crippen MR) is 78.5 cm³/mol. The molecule has 2 amide bonds. The standard InChI is InChI=1S/C14H17BrN2O3/c1-9(10-3-2-4-11(15)7-10)16-14(20)17(8-13(18)19)12-5-6-12/h2-4,7,9,12H,5-6,8H2,1H3,(H,16,20)(H,18,19). The SMILES string of the molecule is CC(NC(=O)N(CC(=O)O)C1CC1)c1cccc(Br)c1. The highest BCUT2D eigenvalue weighted by Crippen LogP contribution is 2.27. The van der Waals surface area contributed by atoms with Crippen LogP contribution in [-0.4, -0.2) is 34.6 Å². The number of hydrogen-bond acceptors (Lipinski definition) is 2. The zero-order chi connectivity index (χ0) is 14.7. The molecule has 1 aliphatic rings. The van der Waals surface area contributed by atoms with Gasteiger partial charge in [0, 0.05) is 10.5 Å². The zero-order valence-electron chi connectivity index (χ0n) is 11.2. The number of halogens is 1. The van der Waals surface area contributed by atoms with E-state index in [1.54, 1.807) is 0 Å². The Kier molecular flexibility index (Phi) is 4.65. The Morgan fingerprint density at radius 2 is 2.20 bits per heavy atom. The molecular formula is C14H17BrN2O3. The Morgan fingerprint density at radius 3 is 2.75 bits per heavy atom. The first-order chi connectivity index (χ1) is 9.47. The van der Waals surface area contributed by atoms with Crippen molar-refractivity contribution in [2.24, 2.45) is 0 Å². The van der Waals surface area contributed by atoms with Crippen LogP contribution in [0.25, 0.3) is 0 Å². The molecule has 0 aliphatic heterocycles. The third-order valence-corrected chi connectivity index (χ3v) is 3.74. The Hall–Kier alpha value is -1.56. The van der Waals surface area contributed by atoms with Gasteiger partial charge in [0.25, 0.3) is 0 Å². The number of carboxylic acid groups (broad SMARTS) is 1. The van der Waals surface area contributed by atoms with Crippen LogP contribution in [0.2, 0.25) is 0 Å². The molecule has 1 aliphatic carbocycles. The first kappa shape index (κ1) is 14.8. The van der Waals surface area contributed by atoms with Gasteiger partial charge >= 0.3 is 12.0 Å². The second-order valence-electron chi connectivity index (χ2n) is 4.98. The van der Waals surface area contributed by atoms with E-state index in [0.29, 0.717) is 0 Å². The van der Waals surface area contributed by atoms with Gasteiger partial charge in [0.15, 0.2) is 0 Å². The fraction of sp³-hybridized carbons (Fsp3) is 0.429. The van der Waals surface area contributed by atoms with Crippen molar-refractivity contribution in [1.82, 2.24) is 10.2 Å². The van der Waals surface area contributed by atoms with Crippen LogP contribution >= 0.6 is 15.9 Å². The van der Waals surface area contributed by atoms with Crippen molar-refractivity contribution in [3.05, 3.63) is 34.3 Å². The summed E-state index contributed by atoms with van der Waals surface area (Å²) in [5.74, 6) is -0.984. The second kappa shape index (κ2) is 6.26. The topological polar surface area (TPSA) is 69.6 Å². The van der Waals surface area contributed by atoms with E-state index in [0.717, 1.165) is 22.9 Å². The van der Waals surface area contributed by atoms with Crippen LogP contribution in [0.5, 0.6) is 0 Å². The molecular weight excluding hydrogens is 324 g/mol. The van der Waals surface area contributed by atoms with Crippen molar-refractivity contribution in [2.45, 2.75) is 31.8 Å². The number of benzene rings is 1. The molecule has 0 aromatic heterocycles. The summed E-state index contributed by atoms with van der Waals surface area (Å²) in [6.07, 6.45) is 1.76. The highest BCUT2D eigenvalue weighted by Gasteiger charge is 2.34. The summed E-state index contributed by atoms with van der Waals surface area (Å²) in [7, 11) is 0. The number of carboxylic acids is 1. The minimum atomic E-state index is -0.984. The van der Waals surface area contributed by atoms with Crippen LogP contribution < -0.4 is 5.32 Å². The van der Waals surface area contributed by atoms with Crippen LogP contribution in [0.4, 0.5) is 4.79 Å². The van der Waals surface area contributed by atoms with Gasteiger partial charge in [0.2, 0.25) is 0 Å². The largest absolute Gasteiger partial charge is 0.480 e. The van der Waals surface area contributed by atoms with Crippen molar-refractivity contribution >= 4 is 27.9 Å². The average molecular weight is 341 g/mol. The molecule has 2 rings (SSSR count). The highest BCUT2D eigenvalue weighted by molar-refractivity contribution is 9.10. The van der Waals surface area contributed by atoms with Crippen LogP contribution in [0.15, 0.2) is 28.7 Å². The van der Waals surface area contributed by atoms with Crippen molar-refractivity contribution in [3.63, 3.8) is 0 Å². The molecule has 1 saturated carbocycles. The third-order valence-electron chi connectivity index (χ3n) is 3.24. The number of urea groups is 1. The fourth-order valence-corrected chi connectivity index (χ4v) is 2.44. The van der Waals surface area contributed by atoms with Crippen LogP contribution in [-0.2, 0) is 4.79 Å². The summed E-state index contributed by atoms with van der Waals surface area (Å²) in [6.45, 7) is 1.63. The number of nitrogens with one attached hydrogen (secondary N) is 1. The molecule has 1 aromatic carbocycles. The number of rotatable bonds is 5. The van der Waals surface area contributed by atoms with E-state index in [1.165, 1.54) is 4.90 Å². The lowest BCUT2D eigenvalue weighted by atomic mass is 10.1. The molecule has 1 aromatic rings. The van der Waals surface area contributed by atoms with Crippen molar-refractivity contribution in [2.75, 3.05) is 6.54 Å². The minimum absolute atomic E-state index is 0.0702. The summed E-state index contributed by atoms with van der Waals surface area (Å²) >= 11 is 3.39. The highest BCUT2D eigenvalue weighted by atomic mass is 79.9. The normalized spacial score (nSPS) is 15.5. The molecule has 6 heteroatoms. The lowest BCUT2D eigenvalue weighted by molar-refractivity contribution is -0.137. The van der Waals surface area contributed by atoms with Gasteiger partial charge in [-0.2, -0.15) is 0 Å². The molecule has 5 nitrogen and oxygen atoms in total. The number of nitrogens with zero attached hydrogens (tertiary/aromatic N) is 1. The van der Waals surface area contributed by atoms with E-state index in [-0.39, 0.29) is 24.7 Å². The molecule has 108 valence electrons. The Labute approximate surface area is 126 Å². The van der Waals surface area contributed by atoms with E-state index in [2.05, 4.69) is 21.2 Å². The van der Waals surface area contributed by atoms with Crippen molar-refractivity contribution < 1.29 is 14.7 Å². The number of aliphatic carboxylic acids is 1. The summed E-state index contributed by atoms with van der Waals surface area (Å²) in [5.41, 5.74) is 0.971. The molecule has 0 spiro atoms. The maximum atomic E-state index is 12.2. The van der Waals surface area contributed by atoms with Gasteiger partial charge in [0.05, 0.1) is 6.04 Å². The van der Waals surface area contributed by atoms with E-state index in [4.69, 9.17) is 5.11 Å². The summed E-state index contributed by atoms with van der Waals surface area (Å²) in [6, 6.07) is 7.26. The van der Waals surface area contributed by atoms with Gasteiger partial charge in [-0.25, -0.2) is 4.79 Å². The lowest BCUT2D eigenvalue weighted by Crippen LogP contribution is -2.44. The van der Waals surface area contributed by atoms with E-state index in [9.17, 15) is 9.59 Å². The molecule has 1 fully saturated rings. The Bertz CT molecular complexity index is 517. The summed E-state index contributed by atoms with van der Waals surface area (Å²) in [4.78, 5) is 24.4. The van der Waals surface area contributed by atoms with Crippen molar-refractivity contribution in [3.8, 4) is 0 Å². The van der Waals surface area contributed by atoms with Crippen LogP contribution in [0.3, 0.4) is 0 Å². The van der Waals surface area contributed by atoms with E-state index < -0.39 is 5.97 Å². The quantitative estimate of drug-likeness (QED) is 0.865. The van der Waals surface area contributed by atoms with E-state index in [1.807, 2.05) is 31.2 Å². The van der Waals surface area contributed by atoms with Gasteiger partial charge in [-0.1, -0.05) is 28.1 Å². The molecule has 0 radical (unpaired) electrons. The van der Waals surface area contributed by atoms with Crippen molar-refractivity contribution in [1.29, 1.82) is 0 Å². The Balaban J connectivity index is 2.00. The number of hydrogen-bond donors (Lipinski definition) is 2. The maximum Gasteiger partial charge on any atom is 0.323 e. The second-order valence-corrected chi connectivity index (χ2v) is 5.89. The molecule has 0 saturated heterocycles. The third kappa shape index (κ3) is 3.96. The van der Waals surface area contributed by atoms with Gasteiger partial charge in [-0.3, -0.25) is 4.79 Å². The fourth-order valence-electron chi connectivity index (χ4n) is 2.03. The molecule has 1 atom stereocenters. The number of carbonyl (C=O) groups is 2. The molecule has 2 N–H and O–H groups in total. The first-order valence-electron chi connectivity index (χ1n) is 6.51. The van der Waals surface area contributed by atoms with Gasteiger partial charge in [0.1, 0.15) is 6.54 Å². The minimum Gasteiger partial charge on any atom is -0.480 e.